The van der Waals surface area contributed by atoms with Gasteiger partial charge in [-0.25, -0.2) is 0 Å². The molecule has 0 aliphatic carbocycles. The minimum atomic E-state index is -0.155. The number of nitrogens with two attached hydrogens (primary N) is 1. The molecular formula is C14H21NO2. The lowest BCUT2D eigenvalue weighted by atomic mass is 9.94. The van der Waals surface area contributed by atoms with Crippen LogP contribution in [0.3, 0.4) is 0 Å². The summed E-state index contributed by atoms with van der Waals surface area (Å²) in [5.74, 6) is 0.733. The highest BCUT2D eigenvalue weighted by Gasteiger charge is 2.18. The van der Waals surface area contributed by atoms with E-state index in [9.17, 15) is 4.79 Å². The van der Waals surface area contributed by atoms with Gasteiger partial charge in [-0.3, -0.25) is 4.79 Å². The second-order valence-corrected chi connectivity index (χ2v) is 4.38. The predicted molar refractivity (Wildman–Crippen MR) is 69.4 cm³/mol. The van der Waals surface area contributed by atoms with E-state index in [0.29, 0.717) is 12.2 Å². The molecule has 1 aromatic rings. The third-order valence-electron chi connectivity index (χ3n) is 2.81. The lowest BCUT2D eigenvalue weighted by molar-refractivity contribution is 0.0917. The SMILES string of the molecule is CCCOc1ccc(C(=O)C(C)C(C)N)cc1. The van der Waals surface area contributed by atoms with E-state index in [1.807, 2.05) is 26.0 Å². The highest BCUT2D eigenvalue weighted by Crippen LogP contribution is 2.16. The molecule has 17 heavy (non-hydrogen) atoms. The molecule has 0 amide bonds. The third-order valence-corrected chi connectivity index (χ3v) is 2.81. The van der Waals surface area contributed by atoms with Gasteiger partial charge >= 0.3 is 0 Å². The Kier molecular flexibility index (Phi) is 5.16. The second kappa shape index (κ2) is 6.40. The first-order chi connectivity index (χ1) is 8.06. The zero-order valence-electron chi connectivity index (χ0n) is 10.8. The molecule has 0 heterocycles. The molecule has 0 spiro atoms. The van der Waals surface area contributed by atoms with Crippen LogP contribution in [-0.4, -0.2) is 18.4 Å². The molecule has 1 rings (SSSR count). The van der Waals surface area contributed by atoms with E-state index >= 15 is 0 Å². The van der Waals surface area contributed by atoms with Crippen molar-refractivity contribution in [3.8, 4) is 5.75 Å². The largest absolute Gasteiger partial charge is 0.494 e. The minimum Gasteiger partial charge on any atom is -0.494 e. The van der Waals surface area contributed by atoms with Gasteiger partial charge in [-0.2, -0.15) is 0 Å². The summed E-state index contributed by atoms with van der Waals surface area (Å²) in [6, 6.07) is 7.13. The Hall–Kier alpha value is -1.35. The molecule has 0 saturated heterocycles. The molecule has 1 aromatic carbocycles. The molecule has 0 saturated carbocycles. The molecule has 0 aliphatic heterocycles. The molecule has 3 heteroatoms. The highest BCUT2D eigenvalue weighted by molar-refractivity contribution is 5.98. The van der Waals surface area contributed by atoms with Crippen molar-refractivity contribution in [2.45, 2.75) is 33.2 Å². The summed E-state index contributed by atoms with van der Waals surface area (Å²) in [7, 11) is 0. The van der Waals surface area contributed by atoms with Crippen molar-refractivity contribution in [1.82, 2.24) is 0 Å². The first-order valence-electron chi connectivity index (χ1n) is 6.09. The maximum Gasteiger partial charge on any atom is 0.167 e. The van der Waals surface area contributed by atoms with E-state index < -0.39 is 0 Å². The fourth-order valence-corrected chi connectivity index (χ4v) is 1.44. The summed E-state index contributed by atoms with van der Waals surface area (Å²) in [5, 5.41) is 0. The Morgan fingerprint density at radius 3 is 2.35 bits per heavy atom. The number of rotatable bonds is 6. The summed E-state index contributed by atoms with van der Waals surface area (Å²) in [4.78, 5) is 12.0. The smallest absolute Gasteiger partial charge is 0.167 e. The van der Waals surface area contributed by atoms with Crippen LogP contribution in [0, 0.1) is 5.92 Å². The maximum absolute atomic E-state index is 12.0. The number of hydrogen-bond donors (Lipinski definition) is 1. The molecule has 3 nitrogen and oxygen atoms in total. The van der Waals surface area contributed by atoms with Crippen molar-refractivity contribution in [3.05, 3.63) is 29.8 Å². The average molecular weight is 235 g/mol. The number of ether oxygens (including phenoxy) is 1. The van der Waals surface area contributed by atoms with E-state index in [0.717, 1.165) is 12.2 Å². The molecule has 2 atom stereocenters. The Bertz CT molecular complexity index is 357. The van der Waals surface area contributed by atoms with Gasteiger partial charge in [-0.15, -0.1) is 0 Å². The zero-order valence-corrected chi connectivity index (χ0v) is 10.8. The number of carbonyl (C=O) groups excluding carboxylic acids is 1. The van der Waals surface area contributed by atoms with E-state index in [4.69, 9.17) is 10.5 Å². The molecule has 94 valence electrons. The Morgan fingerprint density at radius 1 is 1.29 bits per heavy atom. The Labute approximate surface area is 103 Å². The van der Waals surface area contributed by atoms with Crippen LogP contribution in [0.5, 0.6) is 5.75 Å². The van der Waals surface area contributed by atoms with Crippen molar-refractivity contribution < 1.29 is 9.53 Å². The van der Waals surface area contributed by atoms with Crippen molar-refractivity contribution in [3.63, 3.8) is 0 Å². The average Bonchev–Trinajstić information content (AvgIpc) is 2.35. The number of hydrogen-bond acceptors (Lipinski definition) is 3. The fourth-order valence-electron chi connectivity index (χ4n) is 1.44. The summed E-state index contributed by atoms with van der Waals surface area (Å²) >= 11 is 0. The van der Waals surface area contributed by atoms with E-state index in [1.54, 1.807) is 12.1 Å². The lowest BCUT2D eigenvalue weighted by Crippen LogP contribution is -2.30. The van der Waals surface area contributed by atoms with Crippen LogP contribution in [0.15, 0.2) is 24.3 Å². The van der Waals surface area contributed by atoms with E-state index in [2.05, 4.69) is 6.92 Å². The highest BCUT2D eigenvalue weighted by atomic mass is 16.5. The Morgan fingerprint density at radius 2 is 1.88 bits per heavy atom. The molecule has 0 fully saturated rings. The van der Waals surface area contributed by atoms with Crippen molar-refractivity contribution in [2.24, 2.45) is 11.7 Å². The van der Waals surface area contributed by atoms with Crippen LogP contribution in [-0.2, 0) is 0 Å². The second-order valence-electron chi connectivity index (χ2n) is 4.38. The number of ketones is 1. The van der Waals surface area contributed by atoms with Crippen molar-refractivity contribution in [1.29, 1.82) is 0 Å². The quantitative estimate of drug-likeness (QED) is 0.771. The molecule has 0 radical (unpaired) electrons. The molecule has 0 aromatic heterocycles. The third kappa shape index (κ3) is 3.86. The van der Waals surface area contributed by atoms with Crippen LogP contribution >= 0.6 is 0 Å². The van der Waals surface area contributed by atoms with Crippen LogP contribution in [0.4, 0.5) is 0 Å². The minimum absolute atomic E-state index is 0.0852. The normalized spacial score (nSPS) is 14.1. The molecular weight excluding hydrogens is 214 g/mol. The summed E-state index contributed by atoms with van der Waals surface area (Å²) in [6.45, 7) is 6.46. The number of carbonyl (C=O) groups is 1. The van der Waals surface area contributed by atoms with Crippen LogP contribution < -0.4 is 10.5 Å². The monoisotopic (exact) mass is 235 g/mol. The van der Waals surface area contributed by atoms with Gasteiger partial charge in [0.2, 0.25) is 0 Å². The molecule has 2 N–H and O–H groups in total. The van der Waals surface area contributed by atoms with Crippen LogP contribution in [0.2, 0.25) is 0 Å². The maximum atomic E-state index is 12.0. The first kappa shape index (κ1) is 13.7. The van der Waals surface area contributed by atoms with Gasteiger partial charge in [-0.05, 0) is 37.6 Å². The number of benzene rings is 1. The van der Waals surface area contributed by atoms with Gasteiger partial charge in [0.25, 0.3) is 0 Å². The van der Waals surface area contributed by atoms with E-state index in [1.165, 1.54) is 0 Å². The van der Waals surface area contributed by atoms with Gasteiger partial charge in [0.05, 0.1) is 6.61 Å². The van der Waals surface area contributed by atoms with Gasteiger partial charge in [0.15, 0.2) is 5.78 Å². The fraction of sp³-hybridized carbons (Fsp3) is 0.500. The molecule has 2 unspecified atom stereocenters. The van der Waals surface area contributed by atoms with Gasteiger partial charge in [0.1, 0.15) is 5.75 Å². The van der Waals surface area contributed by atoms with Crippen LogP contribution in [0.25, 0.3) is 0 Å². The van der Waals surface area contributed by atoms with Crippen molar-refractivity contribution >= 4 is 5.78 Å². The first-order valence-corrected chi connectivity index (χ1v) is 6.09. The van der Waals surface area contributed by atoms with Crippen LogP contribution in [0.1, 0.15) is 37.6 Å². The Balaban J connectivity index is 2.70. The summed E-state index contributed by atoms with van der Waals surface area (Å²) in [6.07, 6.45) is 0.975. The zero-order chi connectivity index (χ0) is 12.8. The van der Waals surface area contributed by atoms with E-state index in [-0.39, 0.29) is 17.7 Å². The number of Topliss-reactive ketones (excluding diaryl/α,β-unsaturated/α-hetero) is 1. The summed E-state index contributed by atoms with van der Waals surface area (Å²) < 4.78 is 5.46. The summed E-state index contributed by atoms with van der Waals surface area (Å²) in [5.41, 5.74) is 6.42. The lowest BCUT2D eigenvalue weighted by Gasteiger charge is -2.14. The molecule has 0 aliphatic rings. The molecule has 0 bridgehead atoms. The van der Waals surface area contributed by atoms with Gasteiger partial charge in [-0.1, -0.05) is 13.8 Å². The topological polar surface area (TPSA) is 52.3 Å². The standard InChI is InChI=1S/C14H21NO2/c1-4-9-17-13-7-5-12(6-8-13)14(16)10(2)11(3)15/h5-8,10-11H,4,9,15H2,1-3H3. The van der Waals surface area contributed by atoms with Gasteiger partial charge < -0.3 is 10.5 Å². The van der Waals surface area contributed by atoms with Gasteiger partial charge in [0, 0.05) is 17.5 Å². The predicted octanol–water partition coefficient (Wildman–Crippen LogP) is 2.64. The van der Waals surface area contributed by atoms with Crippen molar-refractivity contribution in [2.75, 3.05) is 6.61 Å².